The van der Waals surface area contributed by atoms with Crippen LogP contribution in [0.4, 0.5) is 0 Å². The molecule has 0 amide bonds. The van der Waals surface area contributed by atoms with Gasteiger partial charge in [-0.3, -0.25) is 0 Å². The first-order chi connectivity index (χ1) is 11.6. The Balaban J connectivity index is 0.00000338. The lowest BCUT2D eigenvalue weighted by Crippen LogP contribution is -2.52. The summed E-state index contributed by atoms with van der Waals surface area (Å²) in [6.45, 7) is 1.38. The van der Waals surface area contributed by atoms with Crippen LogP contribution in [0.3, 0.4) is 0 Å². The molecule has 1 aliphatic heterocycles. The van der Waals surface area contributed by atoms with Crippen LogP contribution in [-0.2, 0) is 24.8 Å². The van der Waals surface area contributed by atoms with Gasteiger partial charge in [-0.2, -0.15) is 0 Å². The number of nitrogens with one attached hydrogen (secondary N) is 2. The average molecular weight is 428 g/mol. The topological polar surface area (TPSA) is 105 Å². The van der Waals surface area contributed by atoms with Gasteiger partial charge in [0.25, 0.3) is 0 Å². The molecule has 0 saturated carbocycles. The van der Waals surface area contributed by atoms with E-state index in [1.165, 1.54) is 38.4 Å². The fourth-order valence-electron chi connectivity index (χ4n) is 2.80. The van der Waals surface area contributed by atoms with Crippen LogP contribution in [0.2, 0.25) is 0 Å². The van der Waals surface area contributed by atoms with Gasteiger partial charge < -0.3 is 10.1 Å². The Hall–Kier alpha value is -0.750. The zero-order valence-corrected chi connectivity index (χ0v) is 17.5. The highest BCUT2D eigenvalue weighted by Gasteiger charge is 2.35. The fraction of sp³-hybridized carbons (Fsp3) is 0.600. The van der Waals surface area contributed by atoms with Gasteiger partial charge in [0.1, 0.15) is 0 Å². The Labute approximate surface area is 161 Å². The van der Waals surface area contributed by atoms with E-state index in [1.807, 2.05) is 0 Å². The minimum atomic E-state index is -3.84. The van der Waals surface area contributed by atoms with Crippen molar-refractivity contribution in [1.29, 1.82) is 0 Å². The van der Waals surface area contributed by atoms with Gasteiger partial charge in [-0.1, -0.05) is 6.07 Å². The van der Waals surface area contributed by atoms with Crippen LogP contribution in [0.5, 0.6) is 0 Å². The van der Waals surface area contributed by atoms with Gasteiger partial charge in [0.05, 0.1) is 21.9 Å². The minimum Gasteiger partial charge on any atom is -0.383 e. The van der Waals surface area contributed by atoms with Gasteiger partial charge in [0, 0.05) is 27.7 Å². The van der Waals surface area contributed by atoms with E-state index in [0.29, 0.717) is 6.61 Å². The van der Waals surface area contributed by atoms with Crippen LogP contribution in [0.15, 0.2) is 34.1 Å². The SMILES string of the molecule is COCC1(CNS(=O)(=O)c2cccc(S(=O)(=O)N(C)C)c2)CCCN1.Cl. The smallest absolute Gasteiger partial charge is 0.242 e. The molecule has 11 heteroatoms. The van der Waals surface area contributed by atoms with Crippen molar-refractivity contribution in [2.75, 3.05) is 40.9 Å². The van der Waals surface area contributed by atoms with Gasteiger partial charge in [0.15, 0.2) is 0 Å². The first kappa shape index (κ1) is 23.3. The number of rotatable bonds is 8. The van der Waals surface area contributed by atoms with Crippen molar-refractivity contribution >= 4 is 32.5 Å². The second kappa shape index (κ2) is 8.96. The molecular weight excluding hydrogens is 402 g/mol. The molecule has 1 atom stereocenters. The van der Waals surface area contributed by atoms with Crippen molar-refractivity contribution in [3.05, 3.63) is 24.3 Å². The number of halogens is 1. The van der Waals surface area contributed by atoms with Crippen molar-refractivity contribution in [2.45, 2.75) is 28.2 Å². The van der Waals surface area contributed by atoms with Gasteiger partial charge in [-0.25, -0.2) is 25.9 Å². The van der Waals surface area contributed by atoms with Crippen LogP contribution in [0.25, 0.3) is 0 Å². The van der Waals surface area contributed by atoms with Gasteiger partial charge in [-0.15, -0.1) is 12.4 Å². The summed E-state index contributed by atoms with van der Waals surface area (Å²) < 4.78 is 58.4. The number of hydrogen-bond donors (Lipinski definition) is 2. The summed E-state index contributed by atoms with van der Waals surface area (Å²) in [7, 11) is -3.17. The van der Waals surface area contributed by atoms with E-state index >= 15 is 0 Å². The summed E-state index contributed by atoms with van der Waals surface area (Å²) in [6.07, 6.45) is 1.75. The van der Waals surface area contributed by atoms with Crippen molar-refractivity contribution in [1.82, 2.24) is 14.3 Å². The summed E-state index contributed by atoms with van der Waals surface area (Å²) in [4.78, 5) is -0.146. The second-order valence-electron chi connectivity index (χ2n) is 6.33. The highest BCUT2D eigenvalue weighted by Crippen LogP contribution is 2.21. The van der Waals surface area contributed by atoms with Crippen molar-refractivity contribution in [3.63, 3.8) is 0 Å². The maximum atomic E-state index is 12.6. The molecule has 1 unspecified atom stereocenters. The summed E-state index contributed by atoms with van der Waals surface area (Å²) in [5.74, 6) is 0. The molecule has 0 aromatic heterocycles. The molecule has 1 fully saturated rings. The minimum absolute atomic E-state index is 0. The molecule has 0 spiro atoms. The number of benzene rings is 1. The predicted octanol–water partition coefficient (Wildman–Crippen LogP) is 0.406. The zero-order valence-electron chi connectivity index (χ0n) is 15.1. The van der Waals surface area contributed by atoms with Crippen LogP contribution < -0.4 is 10.0 Å². The lowest BCUT2D eigenvalue weighted by molar-refractivity contribution is 0.122. The van der Waals surface area contributed by atoms with E-state index in [0.717, 1.165) is 23.7 Å². The van der Waals surface area contributed by atoms with E-state index < -0.39 is 25.6 Å². The molecule has 8 nitrogen and oxygen atoms in total. The van der Waals surface area contributed by atoms with Gasteiger partial charge in [-0.05, 0) is 37.6 Å². The van der Waals surface area contributed by atoms with Gasteiger partial charge >= 0.3 is 0 Å². The average Bonchev–Trinajstić information content (AvgIpc) is 3.02. The summed E-state index contributed by atoms with van der Waals surface area (Å²) in [5.41, 5.74) is -0.435. The number of ether oxygens (including phenoxy) is 1. The summed E-state index contributed by atoms with van der Waals surface area (Å²) in [6, 6.07) is 5.34. The van der Waals surface area contributed by atoms with Gasteiger partial charge in [0.2, 0.25) is 20.0 Å². The van der Waals surface area contributed by atoms with Crippen LogP contribution in [0, 0.1) is 0 Å². The van der Waals surface area contributed by atoms with E-state index in [-0.39, 0.29) is 28.7 Å². The van der Waals surface area contributed by atoms with Crippen LogP contribution in [0.1, 0.15) is 12.8 Å². The number of nitrogens with zero attached hydrogens (tertiary/aromatic N) is 1. The third kappa shape index (κ3) is 5.16. The maximum Gasteiger partial charge on any atom is 0.242 e. The Morgan fingerprint density at radius 3 is 2.42 bits per heavy atom. The second-order valence-corrected chi connectivity index (χ2v) is 10.2. The molecule has 0 radical (unpaired) electrons. The lowest BCUT2D eigenvalue weighted by Gasteiger charge is -2.28. The predicted molar refractivity (Wildman–Crippen MR) is 102 cm³/mol. The molecule has 26 heavy (non-hydrogen) atoms. The summed E-state index contributed by atoms with van der Waals surface area (Å²) in [5, 5.41) is 3.29. The molecular formula is C15H26ClN3O5S2. The Morgan fingerprint density at radius 2 is 1.88 bits per heavy atom. The molecule has 0 bridgehead atoms. The first-order valence-corrected chi connectivity index (χ1v) is 10.8. The number of hydrogen-bond acceptors (Lipinski definition) is 6. The monoisotopic (exact) mass is 427 g/mol. The molecule has 1 heterocycles. The van der Waals surface area contributed by atoms with E-state index in [9.17, 15) is 16.8 Å². The molecule has 1 aromatic carbocycles. The highest BCUT2D eigenvalue weighted by atomic mass is 35.5. The Kier molecular flexibility index (Phi) is 8.03. The molecule has 150 valence electrons. The number of methoxy groups -OCH3 is 1. The van der Waals surface area contributed by atoms with E-state index in [4.69, 9.17) is 4.74 Å². The standard InChI is InChI=1S/C15H25N3O5S2.ClH/c1-18(2)25(21,22)14-7-4-6-13(10-14)24(19,20)17-11-15(12-23-3)8-5-9-16-15;/h4,6-7,10,16-17H,5,8-9,11-12H2,1-3H3;1H. The van der Waals surface area contributed by atoms with E-state index in [2.05, 4.69) is 10.0 Å². The molecule has 1 aliphatic rings. The molecule has 1 saturated heterocycles. The summed E-state index contributed by atoms with van der Waals surface area (Å²) >= 11 is 0. The molecule has 0 aliphatic carbocycles. The molecule has 1 aromatic rings. The Bertz CT molecular complexity index is 806. The van der Waals surface area contributed by atoms with Crippen molar-refractivity contribution in [3.8, 4) is 0 Å². The zero-order chi connectivity index (χ0) is 18.7. The van der Waals surface area contributed by atoms with Crippen LogP contribution >= 0.6 is 12.4 Å². The maximum absolute atomic E-state index is 12.6. The highest BCUT2D eigenvalue weighted by molar-refractivity contribution is 7.90. The van der Waals surface area contributed by atoms with Crippen molar-refractivity contribution < 1.29 is 21.6 Å². The normalized spacial score (nSPS) is 20.9. The van der Waals surface area contributed by atoms with Crippen molar-refractivity contribution in [2.24, 2.45) is 0 Å². The van der Waals surface area contributed by atoms with Crippen LogP contribution in [-0.4, -0.2) is 67.6 Å². The molecule has 2 N–H and O–H groups in total. The quantitative estimate of drug-likeness (QED) is 0.622. The molecule has 2 rings (SSSR count). The first-order valence-electron chi connectivity index (χ1n) is 7.89. The number of sulfonamides is 2. The third-order valence-corrected chi connectivity index (χ3v) is 7.46. The largest absolute Gasteiger partial charge is 0.383 e. The fourth-order valence-corrected chi connectivity index (χ4v) is 4.99. The third-order valence-electron chi connectivity index (χ3n) is 4.25. The lowest BCUT2D eigenvalue weighted by atomic mass is 9.99. The van der Waals surface area contributed by atoms with E-state index in [1.54, 1.807) is 7.11 Å². The Morgan fingerprint density at radius 1 is 1.23 bits per heavy atom.